The molecule has 0 bridgehead atoms. The normalized spacial score (nSPS) is 11.4. The smallest absolute Gasteiger partial charge is 0.349 e. The van der Waals surface area contributed by atoms with E-state index in [9.17, 15) is 9.59 Å². The maximum atomic E-state index is 12.8. The van der Waals surface area contributed by atoms with Crippen molar-refractivity contribution in [3.8, 4) is 0 Å². The summed E-state index contributed by atoms with van der Waals surface area (Å²) >= 11 is 6.94. The van der Waals surface area contributed by atoms with Gasteiger partial charge in [0, 0.05) is 16.3 Å². The van der Waals surface area contributed by atoms with Gasteiger partial charge in [-0.05, 0) is 51.5 Å². The van der Waals surface area contributed by atoms with Crippen molar-refractivity contribution in [1.29, 1.82) is 0 Å². The average Bonchev–Trinajstić information content (AvgIpc) is 2.75. The Labute approximate surface area is 149 Å². The van der Waals surface area contributed by atoms with E-state index in [1.165, 1.54) is 6.07 Å². The molecule has 5 nitrogen and oxygen atoms in total. The second-order valence-corrected chi connectivity index (χ2v) is 7.82. The molecule has 0 saturated carbocycles. The molecule has 0 saturated heterocycles. The zero-order chi connectivity index (χ0) is 18.2. The Kier molecular flexibility index (Phi) is 4.92. The number of halogens is 1. The maximum absolute atomic E-state index is 12.8. The van der Waals surface area contributed by atoms with Gasteiger partial charge in [-0.1, -0.05) is 11.6 Å². The zero-order valence-electron chi connectivity index (χ0n) is 13.9. The molecule has 7 heteroatoms. The van der Waals surface area contributed by atoms with E-state index in [1.807, 2.05) is 0 Å². The molecule has 0 aliphatic carbocycles. The van der Waals surface area contributed by atoms with E-state index in [4.69, 9.17) is 27.8 Å². The first kappa shape index (κ1) is 18.3. The fourth-order valence-electron chi connectivity index (χ4n) is 2.06. The summed E-state index contributed by atoms with van der Waals surface area (Å²) in [6, 6.07) is 4.64. The first-order valence-electron chi connectivity index (χ1n) is 7.23. The fraction of sp³-hybridized carbons (Fsp3) is 0.294. The Balaban J connectivity index is 2.46. The monoisotopic (exact) mass is 366 g/mol. The molecule has 2 aromatic rings. The summed E-state index contributed by atoms with van der Waals surface area (Å²) in [6.45, 7) is 7.00. The average molecular weight is 367 g/mol. The van der Waals surface area contributed by atoms with Gasteiger partial charge in [0.15, 0.2) is 0 Å². The Bertz CT molecular complexity index is 822. The van der Waals surface area contributed by atoms with Crippen molar-refractivity contribution < 1.29 is 14.3 Å². The Morgan fingerprint density at radius 2 is 1.79 bits per heavy atom. The minimum atomic E-state index is -0.635. The quantitative estimate of drug-likeness (QED) is 0.485. The molecule has 0 spiro atoms. The second-order valence-electron chi connectivity index (χ2n) is 6.36. The number of carbonyl (C=O) groups excluding carboxylic acids is 2. The highest BCUT2D eigenvalue weighted by atomic mass is 35.5. The molecule has 0 fully saturated rings. The molecule has 128 valence electrons. The highest BCUT2D eigenvalue weighted by molar-refractivity contribution is 7.17. The van der Waals surface area contributed by atoms with Gasteiger partial charge in [0.1, 0.15) is 10.5 Å². The highest BCUT2D eigenvalue weighted by Gasteiger charge is 2.27. The first-order chi connectivity index (χ1) is 11.0. The second kappa shape index (κ2) is 6.45. The van der Waals surface area contributed by atoms with Crippen LogP contribution in [0.25, 0.3) is 0 Å². The summed E-state index contributed by atoms with van der Waals surface area (Å²) in [5, 5.41) is 0.395. The van der Waals surface area contributed by atoms with Crippen LogP contribution in [0.1, 0.15) is 51.2 Å². The molecule has 0 unspecified atom stereocenters. The van der Waals surface area contributed by atoms with Crippen LogP contribution in [0.5, 0.6) is 0 Å². The van der Waals surface area contributed by atoms with Gasteiger partial charge in [0.2, 0.25) is 5.78 Å². The Morgan fingerprint density at radius 1 is 1.17 bits per heavy atom. The number of nitrogens with two attached hydrogens (primary N) is 2. The van der Waals surface area contributed by atoms with E-state index in [0.717, 1.165) is 11.3 Å². The number of carbonyl (C=O) groups is 2. The summed E-state index contributed by atoms with van der Waals surface area (Å²) in [6.07, 6.45) is 0. The van der Waals surface area contributed by atoms with Gasteiger partial charge in [0.05, 0.1) is 10.6 Å². The van der Waals surface area contributed by atoms with Gasteiger partial charge >= 0.3 is 5.97 Å². The summed E-state index contributed by atoms with van der Waals surface area (Å²) in [7, 11) is 0. The number of thiophene rings is 1. The van der Waals surface area contributed by atoms with Crippen LogP contribution in [0.15, 0.2) is 18.2 Å². The summed E-state index contributed by atoms with van der Waals surface area (Å²) < 4.78 is 5.36. The van der Waals surface area contributed by atoms with Gasteiger partial charge in [0.25, 0.3) is 0 Å². The van der Waals surface area contributed by atoms with Crippen molar-refractivity contribution in [2.75, 3.05) is 11.5 Å². The lowest BCUT2D eigenvalue weighted by Crippen LogP contribution is -2.23. The molecule has 0 aliphatic rings. The third kappa shape index (κ3) is 3.71. The van der Waals surface area contributed by atoms with Gasteiger partial charge in [-0.25, -0.2) is 4.79 Å². The molecular formula is C17H19ClN2O3S. The van der Waals surface area contributed by atoms with E-state index in [-0.39, 0.29) is 21.9 Å². The number of ether oxygens (including phenoxy) is 1. The Morgan fingerprint density at radius 3 is 2.38 bits per heavy atom. The molecule has 0 amide bonds. The van der Waals surface area contributed by atoms with Crippen LogP contribution in [0.4, 0.5) is 11.4 Å². The number of rotatable bonds is 3. The van der Waals surface area contributed by atoms with Crippen molar-refractivity contribution >= 4 is 46.1 Å². The van der Waals surface area contributed by atoms with E-state index in [1.54, 1.807) is 39.8 Å². The molecule has 0 aliphatic heterocycles. The van der Waals surface area contributed by atoms with Crippen LogP contribution < -0.4 is 11.5 Å². The number of hydrogen-bond acceptors (Lipinski definition) is 6. The standard InChI is InChI=1S/C17H19ClN2O3S/c1-8-12(20)15(24-14(8)16(22)23-17(2,3)4)13(21)10-7-9(18)5-6-11(10)19/h5-7H,19-20H2,1-4H3. The predicted octanol–water partition coefficient (Wildman–Crippen LogP) is 4.06. The molecule has 1 heterocycles. The van der Waals surface area contributed by atoms with Gasteiger partial charge in [-0.15, -0.1) is 11.3 Å². The molecular weight excluding hydrogens is 348 g/mol. The lowest BCUT2D eigenvalue weighted by atomic mass is 10.1. The summed E-state index contributed by atoms with van der Waals surface area (Å²) in [5.74, 6) is -0.870. The minimum absolute atomic E-state index is 0.252. The van der Waals surface area contributed by atoms with Crippen molar-refractivity contribution in [2.24, 2.45) is 0 Å². The molecule has 0 atom stereocenters. The number of benzene rings is 1. The third-order valence-corrected chi connectivity index (χ3v) is 4.77. The lowest BCUT2D eigenvalue weighted by Gasteiger charge is -2.19. The number of ketones is 1. The summed E-state index contributed by atoms with van der Waals surface area (Å²) in [4.78, 5) is 25.6. The number of nitrogen functional groups attached to an aromatic ring is 2. The number of anilines is 2. The molecule has 0 radical (unpaired) electrons. The van der Waals surface area contributed by atoms with E-state index < -0.39 is 11.6 Å². The molecule has 4 N–H and O–H groups in total. The van der Waals surface area contributed by atoms with E-state index in [2.05, 4.69) is 0 Å². The van der Waals surface area contributed by atoms with Gasteiger partial charge < -0.3 is 16.2 Å². The van der Waals surface area contributed by atoms with Crippen molar-refractivity contribution in [1.82, 2.24) is 0 Å². The van der Waals surface area contributed by atoms with Gasteiger partial charge in [-0.3, -0.25) is 4.79 Å². The third-order valence-electron chi connectivity index (χ3n) is 3.24. The summed E-state index contributed by atoms with van der Waals surface area (Å²) in [5.41, 5.74) is 12.6. The van der Waals surface area contributed by atoms with Crippen LogP contribution in [-0.4, -0.2) is 17.4 Å². The maximum Gasteiger partial charge on any atom is 0.349 e. The topological polar surface area (TPSA) is 95.4 Å². The van der Waals surface area contributed by atoms with Crippen LogP contribution in [0.2, 0.25) is 5.02 Å². The van der Waals surface area contributed by atoms with Gasteiger partial charge in [-0.2, -0.15) is 0 Å². The number of hydrogen-bond donors (Lipinski definition) is 2. The van der Waals surface area contributed by atoms with Crippen molar-refractivity contribution in [3.63, 3.8) is 0 Å². The van der Waals surface area contributed by atoms with Crippen LogP contribution in [0.3, 0.4) is 0 Å². The van der Waals surface area contributed by atoms with Crippen molar-refractivity contribution in [3.05, 3.63) is 44.1 Å². The first-order valence-corrected chi connectivity index (χ1v) is 8.42. The lowest BCUT2D eigenvalue weighted by molar-refractivity contribution is 0.00745. The predicted molar refractivity (Wildman–Crippen MR) is 97.9 cm³/mol. The van der Waals surface area contributed by atoms with Crippen LogP contribution in [-0.2, 0) is 4.74 Å². The highest BCUT2D eigenvalue weighted by Crippen LogP contribution is 2.34. The minimum Gasteiger partial charge on any atom is -0.456 e. The molecule has 2 rings (SSSR count). The Hall–Kier alpha value is -2.05. The van der Waals surface area contributed by atoms with Crippen LogP contribution in [0, 0.1) is 6.92 Å². The van der Waals surface area contributed by atoms with E-state index >= 15 is 0 Å². The van der Waals surface area contributed by atoms with Crippen molar-refractivity contribution in [2.45, 2.75) is 33.3 Å². The molecule has 24 heavy (non-hydrogen) atoms. The molecule has 1 aromatic heterocycles. The molecule has 1 aromatic carbocycles. The number of esters is 1. The SMILES string of the molecule is Cc1c(C(=O)OC(C)(C)C)sc(C(=O)c2cc(Cl)ccc2N)c1N. The fourth-order valence-corrected chi connectivity index (χ4v) is 3.29. The van der Waals surface area contributed by atoms with Crippen LogP contribution >= 0.6 is 22.9 Å². The largest absolute Gasteiger partial charge is 0.456 e. The zero-order valence-corrected chi connectivity index (χ0v) is 15.5. The van der Waals surface area contributed by atoms with E-state index in [0.29, 0.717) is 21.2 Å².